The van der Waals surface area contributed by atoms with Gasteiger partial charge in [0.05, 0.1) is 11.1 Å². The van der Waals surface area contributed by atoms with E-state index in [9.17, 15) is 15.0 Å². The predicted molar refractivity (Wildman–Crippen MR) is 86.9 cm³/mol. The number of carboxylic acids is 1. The van der Waals surface area contributed by atoms with E-state index in [1.54, 1.807) is 22.8 Å². The van der Waals surface area contributed by atoms with E-state index in [0.717, 1.165) is 10.9 Å². The minimum absolute atomic E-state index is 0.0188. The molecule has 0 atom stereocenters. The van der Waals surface area contributed by atoms with Crippen LogP contribution in [0.4, 0.5) is 11.4 Å². The Morgan fingerprint density at radius 3 is 2.52 bits per heavy atom. The maximum atomic E-state index is 11.2. The van der Waals surface area contributed by atoms with Gasteiger partial charge < -0.3 is 14.8 Å². The first-order valence-corrected chi connectivity index (χ1v) is 7.17. The summed E-state index contributed by atoms with van der Waals surface area (Å²) in [6.45, 7) is 2.51. The Morgan fingerprint density at radius 1 is 1.09 bits per heavy atom. The SMILES string of the molecule is CCn1c(O)c(N=Nc2ccccc2C(=O)O)c2ccccc21. The molecule has 6 nitrogen and oxygen atoms in total. The van der Waals surface area contributed by atoms with Crippen molar-refractivity contribution in [2.24, 2.45) is 10.2 Å². The molecule has 0 spiro atoms. The van der Waals surface area contributed by atoms with Crippen LogP contribution in [0.5, 0.6) is 5.88 Å². The van der Waals surface area contributed by atoms with Crippen LogP contribution in [0, 0.1) is 0 Å². The van der Waals surface area contributed by atoms with Crippen LogP contribution in [0.2, 0.25) is 0 Å². The molecule has 3 aromatic rings. The number of carboxylic acid groups (broad SMARTS) is 1. The number of fused-ring (bicyclic) bond motifs is 1. The number of aromatic nitrogens is 1. The second-order valence-electron chi connectivity index (χ2n) is 4.96. The second kappa shape index (κ2) is 5.92. The number of nitrogens with zero attached hydrogens (tertiary/aromatic N) is 3. The maximum absolute atomic E-state index is 11.2. The Morgan fingerprint density at radius 2 is 1.78 bits per heavy atom. The van der Waals surface area contributed by atoms with Crippen LogP contribution in [0.25, 0.3) is 10.9 Å². The third-order valence-corrected chi connectivity index (χ3v) is 3.63. The summed E-state index contributed by atoms with van der Waals surface area (Å²) in [7, 11) is 0. The third kappa shape index (κ3) is 2.55. The standard InChI is InChI=1S/C17H15N3O3/c1-2-20-14-10-6-4-8-12(14)15(16(20)21)19-18-13-9-5-3-7-11(13)17(22)23/h3-10,21H,2H2,1H3,(H,22,23). The smallest absolute Gasteiger partial charge is 0.337 e. The molecule has 3 rings (SSSR count). The third-order valence-electron chi connectivity index (χ3n) is 3.63. The average Bonchev–Trinajstić information content (AvgIpc) is 2.84. The monoisotopic (exact) mass is 309 g/mol. The first kappa shape index (κ1) is 14.8. The van der Waals surface area contributed by atoms with Crippen LogP contribution < -0.4 is 0 Å². The predicted octanol–water partition coefficient (Wildman–Crippen LogP) is 4.48. The Balaban J connectivity index is 2.13. The lowest BCUT2D eigenvalue weighted by atomic mass is 10.2. The van der Waals surface area contributed by atoms with E-state index < -0.39 is 5.97 Å². The molecule has 116 valence electrons. The molecule has 2 aromatic carbocycles. The van der Waals surface area contributed by atoms with Crippen molar-refractivity contribution in [1.29, 1.82) is 0 Å². The summed E-state index contributed by atoms with van der Waals surface area (Å²) in [5, 5.41) is 28.4. The number of azo groups is 1. The number of hydrogen-bond donors (Lipinski definition) is 2. The molecule has 0 fully saturated rings. The van der Waals surface area contributed by atoms with Crippen LogP contribution in [0.15, 0.2) is 58.8 Å². The zero-order valence-electron chi connectivity index (χ0n) is 12.5. The van der Waals surface area contributed by atoms with Crippen molar-refractivity contribution < 1.29 is 15.0 Å². The van der Waals surface area contributed by atoms with Gasteiger partial charge in [0.2, 0.25) is 5.88 Å². The zero-order valence-corrected chi connectivity index (χ0v) is 12.5. The summed E-state index contributed by atoms with van der Waals surface area (Å²) < 4.78 is 1.73. The van der Waals surface area contributed by atoms with Crippen LogP contribution >= 0.6 is 0 Å². The fraction of sp³-hybridized carbons (Fsp3) is 0.118. The molecule has 0 saturated carbocycles. The van der Waals surface area contributed by atoms with Crippen LogP contribution in [0.3, 0.4) is 0 Å². The van der Waals surface area contributed by atoms with Crippen molar-refractivity contribution in [2.45, 2.75) is 13.5 Å². The van der Waals surface area contributed by atoms with Gasteiger partial charge in [-0.25, -0.2) is 4.79 Å². The molecular formula is C17H15N3O3. The van der Waals surface area contributed by atoms with E-state index in [2.05, 4.69) is 10.2 Å². The number of aromatic hydroxyl groups is 1. The van der Waals surface area contributed by atoms with Gasteiger partial charge in [-0.15, -0.1) is 10.2 Å². The molecule has 1 heterocycles. The van der Waals surface area contributed by atoms with Crippen molar-refractivity contribution in [3.63, 3.8) is 0 Å². The highest BCUT2D eigenvalue weighted by Gasteiger charge is 2.15. The van der Waals surface area contributed by atoms with E-state index >= 15 is 0 Å². The molecule has 0 aliphatic carbocycles. The molecular weight excluding hydrogens is 294 g/mol. The fourth-order valence-electron chi connectivity index (χ4n) is 2.54. The van der Waals surface area contributed by atoms with Gasteiger partial charge in [-0.2, -0.15) is 0 Å². The van der Waals surface area contributed by atoms with E-state index in [1.807, 2.05) is 31.2 Å². The van der Waals surface area contributed by atoms with Crippen molar-refractivity contribution in [2.75, 3.05) is 0 Å². The number of carbonyl (C=O) groups is 1. The molecule has 0 saturated heterocycles. The van der Waals surface area contributed by atoms with Crippen LogP contribution in [-0.2, 0) is 6.54 Å². The van der Waals surface area contributed by atoms with Crippen molar-refractivity contribution in [3.05, 3.63) is 54.1 Å². The summed E-state index contributed by atoms with van der Waals surface area (Å²) in [5.41, 5.74) is 1.50. The maximum Gasteiger partial charge on any atom is 0.337 e. The summed E-state index contributed by atoms with van der Waals surface area (Å²) in [6, 6.07) is 13.8. The molecule has 2 N–H and O–H groups in total. The number of aryl methyl sites for hydroxylation is 1. The molecule has 1 aromatic heterocycles. The minimum Gasteiger partial charge on any atom is -0.493 e. The molecule has 0 aliphatic rings. The highest BCUT2D eigenvalue weighted by atomic mass is 16.4. The number of benzene rings is 2. The molecule has 0 amide bonds. The van der Waals surface area contributed by atoms with Crippen molar-refractivity contribution in [3.8, 4) is 5.88 Å². The molecule has 0 radical (unpaired) electrons. The number of rotatable bonds is 4. The molecule has 6 heteroatoms. The summed E-state index contributed by atoms with van der Waals surface area (Å²) in [5.74, 6) is -1.05. The van der Waals surface area contributed by atoms with Gasteiger partial charge in [0, 0.05) is 11.9 Å². The van der Waals surface area contributed by atoms with Gasteiger partial charge in [0.15, 0.2) is 5.69 Å². The van der Waals surface area contributed by atoms with Gasteiger partial charge in [-0.3, -0.25) is 0 Å². The lowest BCUT2D eigenvalue weighted by Crippen LogP contribution is -1.95. The Labute approximate surface area is 132 Å². The van der Waals surface area contributed by atoms with Gasteiger partial charge >= 0.3 is 5.97 Å². The highest BCUT2D eigenvalue weighted by Crippen LogP contribution is 2.39. The first-order valence-electron chi connectivity index (χ1n) is 7.17. The van der Waals surface area contributed by atoms with Crippen molar-refractivity contribution >= 4 is 28.2 Å². The molecule has 0 unspecified atom stereocenters. The average molecular weight is 309 g/mol. The normalized spacial score (nSPS) is 11.3. The quantitative estimate of drug-likeness (QED) is 0.696. The lowest BCUT2D eigenvalue weighted by molar-refractivity contribution is 0.0697. The summed E-state index contributed by atoms with van der Waals surface area (Å²) in [6.07, 6.45) is 0. The van der Waals surface area contributed by atoms with E-state index in [0.29, 0.717) is 12.2 Å². The molecule has 0 bridgehead atoms. The van der Waals surface area contributed by atoms with Crippen molar-refractivity contribution in [1.82, 2.24) is 4.57 Å². The highest BCUT2D eigenvalue weighted by molar-refractivity contribution is 5.95. The lowest BCUT2D eigenvalue weighted by Gasteiger charge is -2.01. The van der Waals surface area contributed by atoms with Crippen LogP contribution in [0.1, 0.15) is 17.3 Å². The Bertz CT molecular complexity index is 913. The summed E-state index contributed by atoms with van der Waals surface area (Å²) in [4.78, 5) is 11.2. The van der Waals surface area contributed by atoms with Gasteiger partial charge in [0.1, 0.15) is 5.69 Å². The topological polar surface area (TPSA) is 87.2 Å². The van der Waals surface area contributed by atoms with Gasteiger partial charge in [-0.05, 0) is 25.1 Å². The first-order chi connectivity index (χ1) is 11.1. The zero-order chi connectivity index (χ0) is 16.4. The van der Waals surface area contributed by atoms with E-state index in [-0.39, 0.29) is 17.1 Å². The second-order valence-corrected chi connectivity index (χ2v) is 4.96. The number of para-hydroxylation sites is 1. The number of hydrogen-bond acceptors (Lipinski definition) is 4. The minimum atomic E-state index is -1.07. The molecule has 23 heavy (non-hydrogen) atoms. The van der Waals surface area contributed by atoms with Crippen LogP contribution in [-0.4, -0.2) is 20.7 Å². The number of aromatic carboxylic acids is 1. The largest absolute Gasteiger partial charge is 0.493 e. The van der Waals surface area contributed by atoms with E-state index in [1.165, 1.54) is 6.07 Å². The fourth-order valence-corrected chi connectivity index (χ4v) is 2.54. The molecule has 0 aliphatic heterocycles. The van der Waals surface area contributed by atoms with E-state index in [4.69, 9.17) is 0 Å². The summed E-state index contributed by atoms with van der Waals surface area (Å²) >= 11 is 0. The Hall–Kier alpha value is -3.15. The van der Waals surface area contributed by atoms with Gasteiger partial charge in [0.25, 0.3) is 0 Å². The van der Waals surface area contributed by atoms with Gasteiger partial charge in [-0.1, -0.05) is 30.3 Å². The Kier molecular flexibility index (Phi) is 3.80.